The molecule has 0 bridgehead atoms. The van der Waals surface area contributed by atoms with E-state index in [0.717, 1.165) is 0 Å². The van der Waals surface area contributed by atoms with Crippen LogP contribution in [0, 0.1) is 0 Å². The third-order valence-electron chi connectivity index (χ3n) is 1.93. The molecule has 0 atom stereocenters. The zero-order chi connectivity index (χ0) is 10.7. The van der Waals surface area contributed by atoms with Crippen LogP contribution in [0.1, 0.15) is 10.4 Å². The molecule has 4 nitrogen and oxygen atoms in total. The van der Waals surface area contributed by atoms with Crippen LogP contribution >= 0.6 is 0 Å². The average molecular weight is 200 g/mol. The Kier molecular flexibility index (Phi) is 2.41. The van der Waals surface area contributed by atoms with Crippen LogP contribution in [0.5, 0.6) is 0 Å². The maximum Gasteiger partial charge on any atom is 0.335 e. The molecule has 15 heavy (non-hydrogen) atoms. The molecule has 0 unspecified atom stereocenters. The Morgan fingerprint density at radius 2 is 1.87 bits per heavy atom. The molecule has 0 fully saturated rings. The first kappa shape index (κ1) is 9.33. The first-order chi connectivity index (χ1) is 7.27. The van der Waals surface area contributed by atoms with E-state index in [9.17, 15) is 4.79 Å². The smallest absolute Gasteiger partial charge is 0.335 e. The lowest BCUT2D eigenvalue weighted by atomic mass is 10.1. The van der Waals surface area contributed by atoms with E-state index < -0.39 is 5.97 Å². The van der Waals surface area contributed by atoms with Gasteiger partial charge in [-0.1, -0.05) is 12.1 Å². The first-order valence-corrected chi connectivity index (χ1v) is 4.38. The van der Waals surface area contributed by atoms with Crippen molar-refractivity contribution in [2.45, 2.75) is 0 Å². The number of aromatic nitrogens is 2. The van der Waals surface area contributed by atoms with Gasteiger partial charge in [-0.3, -0.25) is 0 Å². The number of benzene rings is 1. The lowest BCUT2D eigenvalue weighted by Gasteiger charge is -2.00. The van der Waals surface area contributed by atoms with Gasteiger partial charge in [0.2, 0.25) is 0 Å². The van der Waals surface area contributed by atoms with Crippen LogP contribution in [-0.2, 0) is 0 Å². The second kappa shape index (κ2) is 3.88. The number of carboxylic acid groups (broad SMARTS) is 1. The number of carbonyl (C=O) groups is 1. The molecule has 1 N–H and O–H groups in total. The third-order valence-corrected chi connectivity index (χ3v) is 1.93. The minimum Gasteiger partial charge on any atom is -0.478 e. The predicted octanol–water partition coefficient (Wildman–Crippen LogP) is 1.84. The number of hydrogen-bond acceptors (Lipinski definition) is 3. The molecule has 0 spiro atoms. The van der Waals surface area contributed by atoms with Crippen LogP contribution in [-0.4, -0.2) is 21.0 Å². The van der Waals surface area contributed by atoms with Gasteiger partial charge in [-0.05, 0) is 18.2 Å². The monoisotopic (exact) mass is 200 g/mol. The summed E-state index contributed by atoms with van der Waals surface area (Å²) in [5.74, 6) is -0.423. The van der Waals surface area contributed by atoms with E-state index in [0.29, 0.717) is 11.4 Å². The zero-order valence-electron chi connectivity index (χ0n) is 7.79. The maximum atomic E-state index is 10.7. The fourth-order valence-corrected chi connectivity index (χ4v) is 1.24. The molecule has 4 heteroatoms. The molecule has 1 aromatic heterocycles. The van der Waals surface area contributed by atoms with Crippen molar-refractivity contribution < 1.29 is 9.90 Å². The van der Waals surface area contributed by atoms with Crippen LogP contribution in [0.15, 0.2) is 42.7 Å². The molecule has 0 saturated heterocycles. The van der Waals surface area contributed by atoms with E-state index in [4.69, 9.17) is 5.11 Å². The summed E-state index contributed by atoms with van der Waals surface area (Å²) in [4.78, 5) is 18.8. The van der Waals surface area contributed by atoms with Crippen molar-refractivity contribution in [3.05, 3.63) is 48.3 Å². The van der Waals surface area contributed by atoms with Crippen LogP contribution in [0.4, 0.5) is 0 Å². The number of rotatable bonds is 2. The summed E-state index contributed by atoms with van der Waals surface area (Å²) in [6, 6.07) is 8.26. The number of hydrogen-bond donors (Lipinski definition) is 1. The van der Waals surface area contributed by atoms with Crippen molar-refractivity contribution in [2.24, 2.45) is 0 Å². The zero-order valence-corrected chi connectivity index (χ0v) is 7.79. The molecule has 0 aliphatic heterocycles. The van der Waals surface area contributed by atoms with E-state index in [1.54, 1.807) is 36.7 Å². The highest BCUT2D eigenvalue weighted by atomic mass is 16.4. The molecule has 0 aliphatic carbocycles. The highest BCUT2D eigenvalue weighted by Crippen LogP contribution is 2.15. The molecule has 0 saturated carbocycles. The second-order valence-electron chi connectivity index (χ2n) is 2.96. The van der Waals surface area contributed by atoms with Gasteiger partial charge in [0.05, 0.1) is 5.56 Å². The Labute approximate surface area is 86.2 Å². The minimum absolute atomic E-state index is 0.236. The quantitative estimate of drug-likeness (QED) is 0.803. The van der Waals surface area contributed by atoms with E-state index in [-0.39, 0.29) is 5.56 Å². The largest absolute Gasteiger partial charge is 0.478 e. The van der Waals surface area contributed by atoms with Gasteiger partial charge in [-0.15, -0.1) is 0 Å². The van der Waals surface area contributed by atoms with Gasteiger partial charge in [-0.2, -0.15) is 0 Å². The Balaban J connectivity index is 2.46. The second-order valence-corrected chi connectivity index (χ2v) is 2.96. The summed E-state index contributed by atoms with van der Waals surface area (Å²) < 4.78 is 0. The van der Waals surface area contributed by atoms with Gasteiger partial charge in [-0.25, -0.2) is 14.8 Å². The fraction of sp³-hybridized carbons (Fsp3) is 0. The summed E-state index contributed by atoms with van der Waals surface area (Å²) in [6.45, 7) is 0. The van der Waals surface area contributed by atoms with Gasteiger partial charge < -0.3 is 5.11 Å². The van der Waals surface area contributed by atoms with Crippen LogP contribution in [0.2, 0.25) is 0 Å². The number of carboxylic acids is 1. The molecule has 2 aromatic rings. The number of aromatic carboxylic acids is 1. The summed E-state index contributed by atoms with van der Waals surface area (Å²) in [6.07, 6.45) is 3.24. The first-order valence-electron chi connectivity index (χ1n) is 4.38. The SMILES string of the molecule is O=C(O)c1cccc(-c2ncccn2)c1. The Bertz CT molecular complexity index is 483. The van der Waals surface area contributed by atoms with Crippen molar-refractivity contribution in [1.82, 2.24) is 9.97 Å². The molecule has 0 aliphatic rings. The lowest BCUT2D eigenvalue weighted by Crippen LogP contribution is -1.96. The van der Waals surface area contributed by atoms with Crippen LogP contribution < -0.4 is 0 Å². The standard InChI is InChI=1S/C11H8N2O2/c14-11(15)9-4-1-3-8(7-9)10-12-5-2-6-13-10/h1-7H,(H,14,15). The molecule has 0 radical (unpaired) electrons. The maximum absolute atomic E-state index is 10.7. The summed E-state index contributed by atoms with van der Waals surface area (Å²) in [7, 11) is 0. The van der Waals surface area contributed by atoms with Crippen LogP contribution in [0.25, 0.3) is 11.4 Å². The molecule has 1 heterocycles. The Hall–Kier alpha value is -2.23. The fourth-order valence-electron chi connectivity index (χ4n) is 1.24. The van der Waals surface area contributed by atoms with Crippen molar-refractivity contribution in [3.8, 4) is 11.4 Å². The van der Waals surface area contributed by atoms with Crippen molar-refractivity contribution in [1.29, 1.82) is 0 Å². The van der Waals surface area contributed by atoms with Crippen molar-refractivity contribution >= 4 is 5.97 Å². The summed E-state index contributed by atoms with van der Waals surface area (Å²) >= 11 is 0. The highest BCUT2D eigenvalue weighted by molar-refractivity contribution is 5.89. The highest BCUT2D eigenvalue weighted by Gasteiger charge is 2.05. The van der Waals surface area contributed by atoms with Gasteiger partial charge in [0, 0.05) is 18.0 Å². The molecule has 2 rings (SSSR count). The van der Waals surface area contributed by atoms with Crippen LogP contribution in [0.3, 0.4) is 0 Å². The normalized spacial score (nSPS) is 9.87. The topological polar surface area (TPSA) is 63.1 Å². The van der Waals surface area contributed by atoms with Gasteiger partial charge >= 0.3 is 5.97 Å². The molecule has 74 valence electrons. The average Bonchev–Trinajstić information content (AvgIpc) is 2.30. The lowest BCUT2D eigenvalue weighted by molar-refractivity contribution is 0.0697. The van der Waals surface area contributed by atoms with E-state index in [2.05, 4.69) is 9.97 Å². The van der Waals surface area contributed by atoms with Gasteiger partial charge in [0.25, 0.3) is 0 Å². The third kappa shape index (κ3) is 1.99. The predicted molar refractivity (Wildman–Crippen MR) is 54.4 cm³/mol. The molecular weight excluding hydrogens is 192 g/mol. The minimum atomic E-state index is -0.951. The van der Waals surface area contributed by atoms with E-state index in [1.807, 2.05) is 0 Å². The Morgan fingerprint density at radius 1 is 1.13 bits per heavy atom. The van der Waals surface area contributed by atoms with E-state index in [1.165, 1.54) is 6.07 Å². The Morgan fingerprint density at radius 3 is 2.53 bits per heavy atom. The van der Waals surface area contributed by atoms with Gasteiger partial charge in [0.1, 0.15) is 0 Å². The van der Waals surface area contributed by atoms with Crippen molar-refractivity contribution in [3.63, 3.8) is 0 Å². The van der Waals surface area contributed by atoms with Crippen molar-refractivity contribution in [2.75, 3.05) is 0 Å². The number of nitrogens with zero attached hydrogens (tertiary/aromatic N) is 2. The molecule has 1 aromatic carbocycles. The molecular formula is C11H8N2O2. The van der Waals surface area contributed by atoms with E-state index >= 15 is 0 Å². The summed E-state index contributed by atoms with van der Waals surface area (Å²) in [5, 5.41) is 8.82. The molecule has 0 amide bonds. The van der Waals surface area contributed by atoms with Gasteiger partial charge in [0.15, 0.2) is 5.82 Å². The summed E-state index contributed by atoms with van der Waals surface area (Å²) in [5.41, 5.74) is 0.940.